The van der Waals surface area contributed by atoms with Gasteiger partial charge >= 0.3 is 0 Å². The van der Waals surface area contributed by atoms with Crippen molar-refractivity contribution in [3.8, 4) is 6.07 Å². The van der Waals surface area contributed by atoms with Gasteiger partial charge in [-0.2, -0.15) is 5.26 Å². The molecule has 10 heteroatoms. The van der Waals surface area contributed by atoms with Crippen molar-refractivity contribution in [2.24, 2.45) is 10.7 Å². The van der Waals surface area contributed by atoms with Crippen molar-refractivity contribution >= 4 is 17.4 Å². The van der Waals surface area contributed by atoms with Gasteiger partial charge < -0.3 is 15.8 Å². The van der Waals surface area contributed by atoms with Gasteiger partial charge in [0, 0.05) is 11.9 Å². The number of carbonyl (C=O) groups excluding carboxylic acids is 1. The van der Waals surface area contributed by atoms with E-state index in [0.717, 1.165) is 0 Å². The maximum Gasteiger partial charge on any atom is 0.274 e. The first-order chi connectivity index (χ1) is 13.8. The fourth-order valence-corrected chi connectivity index (χ4v) is 2.11. The molecule has 152 valence electrons. The molecule has 0 spiro atoms. The summed E-state index contributed by atoms with van der Waals surface area (Å²) in [6.45, 7) is 1.64. The number of nitriles is 1. The second-order valence-corrected chi connectivity index (χ2v) is 5.94. The predicted octanol–water partition coefficient (Wildman–Crippen LogP) is 2.74. The van der Waals surface area contributed by atoms with Gasteiger partial charge in [-0.25, -0.2) is 18.2 Å². The van der Waals surface area contributed by atoms with E-state index in [4.69, 9.17) is 15.7 Å². The van der Waals surface area contributed by atoms with Crippen LogP contribution in [0, 0.1) is 17.1 Å². The van der Waals surface area contributed by atoms with Crippen LogP contribution in [0.3, 0.4) is 0 Å². The van der Waals surface area contributed by atoms with Crippen LogP contribution >= 0.6 is 0 Å². The molecular formula is C19H18F3N5O2. The molecule has 1 amide bonds. The number of aromatic nitrogens is 1. The van der Waals surface area contributed by atoms with Gasteiger partial charge in [-0.05, 0) is 43.3 Å². The number of hydrogen-bond donors (Lipinski definition) is 2. The predicted molar refractivity (Wildman–Crippen MR) is 100 cm³/mol. The first-order valence-corrected chi connectivity index (χ1v) is 8.46. The Bertz CT molecular complexity index is 896. The van der Waals surface area contributed by atoms with Crippen LogP contribution in [0.1, 0.15) is 23.0 Å². The minimum Gasteiger partial charge on any atom is -0.385 e. The molecule has 2 aromatic rings. The molecule has 0 saturated carbocycles. The van der Waals surface area contributed by atoms with Crippen molar-refractivity contribution in [3.05, 3.63) is 59.7 Å². The van der Waals surface area contributed by atoms with E-state index >= 15 is 0 Å². The van der Waals surface area contributed by atoms with Crippen LogP contribution in [0.15, 0.2) is 47.6 Å². The lowest BCUT2D eigenvalue weighted by Gasteiger charge is -2.23. The number of anilines is 1. The fraction of sp³-hybridized carbons (Fsp3) is 0.263. The number of carbonyl (C=O) groups is 1. The molecule has 2 atom stereocenters. The number of rotatable bonds is 3. The van der Waals surface area contributed by atoms with Gasteiger partial charge in [-0.15, -0.1) is 0 Å². The van der Waals surface area contributed by atoms with Crippen LogP contribution in [-0.4, -0.2) is 41.9 Å². The Kier molecular flexibility index (Phi) is 7.68. The van der Waals surface area contributed by atoms with Crippen molar-refractivity contribution < 1.29 is 22.7 Å². The molecule has 0 radical (unpaired) electrons. The van der Waals surface area contributed by atoms with Crippen molar-refractivity contribution in [3.63, 3.8) is 0 Å². The molecule has 2 heterocycles. The third kappa shape index (κ3) is 6.58. The van der Waals surface area contributed by atoms with E-state index in [2.05, 4.69) is 15.3 Å². The number of halogens is 3. The summed E-state index contributed by atoms with van der Waals surface area (Å²) in [4.78, 5) is 19.2. The average molecular weight is 405 g/mol. The van der Waals surface area contributed by atoms with E-state index < -0.39 is 18.4 Å². The zero-order chi connectivity index (χ0) is 21.4. The van der Waals surface area contributed by atoms with Crippen LogP contribution in [0.5, 0.6) is 0 Å². The molecule has 1 aliphatic rings. The van der Waals surface area contributed by atoms with Crippen molar-refractivity contribution in [1.29, 1.82) is 5.26 Å². The third-order valence-electron chi connectivity index (χ3n) is 3.77. The van der Waals surface area contributed by atoms with Crippen molar-refractivity contribution in [2.75, 3.05) is 11.9 Å². The summed E-state index contributed by atoms with van der Waals surface area (Å²) < 4.78 is 41.6. The summed E-state index contributed by atoms with van der Waals surface area (Å²) in [5.41, 5.74) is 6.35. The van der Waals surface area contributed by atoms with Crippen LogP contribution in [-0.2, 0) is 4.74 Å². The van der Waals surface area contributed by atoms with Gasteiger partial charge in [0.1, 0.15) is 35.6 Å². The second kappa shape index (κ2) is 10.2. The Morgan fingerprint density at radius 2 is 2.00 bits per heavy atom. The van der Waals surface area contributed by atoms with E-state index in [1.807, 2.05) is 6.07 Å². The molecule has 0 bridgehead atoms. The number of nitrogens with zero attached hydrogens (tertiary/aromatic N) is 3. The van der Waals surface area contributed by atoms with Crippen molar-refractivity contribution in [2.45, 2.75) is 25.5 Å². The summed E-state index contributed by atoms with van der Waals surface area (Å²) in [7, 11) is 0. The number of aliphatic imine (C=N–C) groups is 1. The molecule has 1 aromatic heterocycles. The summed E-state index contributed by atoms with van der Waals surface area (Å²) in [5.74, 6) is -0.628. The molecule has 0 saturated heterocycles. The Labute approximate surface area is 165 Å². The van der Waals surface area contributed by atoms with Gasteiger partial charge in [0.05, 0.1) is 12.2 Å². The minimum atomic E-state index is -2.49. The highest BCUT2D eigenvalue weighted by molar-refractivity contribution is 6.02. The lowest BCUT2D eigenvalue weighted by molar-refractivity contribution is 0.0243. The van der Waals surface area contributed by atoms with Crippen LogP contribution in [0.2, 0.25) is 0 Å². The van der Waals surface area contributed by atoms with Crippen molar-refractivity contribution in [1.82, 2.24) is 4.98 Å². The van der Waals surface area contributed by atoms with E-state index in [9.17, 15) is 18.0 Å². The molecule has 7 nitrogen and oxygen atoms in total. The summed E-state index contributed by atoms with van der Waals surface area (Å²) >= 11 is 0. The summed E-state index contributed by atoms with van der Waals surface area (Å²) in [6.07, 6.45) is -1.49. The monoisotopic (exact) mass is 405 g/mol. The molecule has 1 aromatic carbocycles. The van der Waals surface area contributed by atoms with Gasteiger partial charge in [-0.1, -0.05) is 0 Å². The minimum absolute atomic E-state index is 0.0421. The largest absolute Gasteiger partial charge is 0.385 e. The fourth-order valence-electron chi connectivity index (χ4n) is 2.11. The summed E-state index contributed by atoms with van der Waals surface area (Å²) in [5, 5.41) is 11.2. The van der Waals surface area contributed by atoms with Gasteiger partial charge in [0.25, 0.3) is 12.3 Å². The van der Waals surface area contributed by atoms with Crippen LogP contribution < -0.4 is 11.1 Å². The maximum atomic E-state index is 12.7. The number of alkyl halides is 2. The lowest BCUT2D eigenvalue weighted by Crippen LogP contribution is -2.40. The first kappa shape index (κ1) is 21.8. The quantitative estimate of drug-likeness (QED) is 0.815. The number of ether oxygens (including phenoxy) is 1. The van der Waals surface area contributed by atoms with E-state index in [-0.39, 0.29) is 30.1 Å². The Morgan fingerprint density at radius 3 is 2.52 bits per heavy atom. The highest BCUT2D eigenvalue weighted by Crippen LogP contribution is 2.12. The number of nitrogens with one attached hydrogen (secondary N) is 1. The molecule has 0 fully saturated rings. The third-order valence-corrected chi connectivity index (χ3v) is 3.77. The van der Waals surface area contributed by atoms with Gasteiger partial charge in [-0.3, -0.25) is 9.79 Å². The Balaban J connectivity index is 0.000000234. The standard InChI is InChI=1S/C13H8FN3O.C6H10F2N2O/c14-10-2-4-11(5-3-10)17-13(18)12-6-1-9(7-15)8-16-12;1-3-6(9)10-4(2-11-3)5(7)8/h1-6,8H,(H,17,18);3-5H,2H2,1H3,(H2,9,10). The number of amides is 1. The highest BCUT2D eigenvalue weighted by atomic mass is 19.3. The van der Waals surface area contributed by atoms with Crippen LogP contribution in [0.4, 0.5) is 18.9 Å². The zero-order valence-corrected chi connectivity index (χ0v) is 15.3. The molecular weight excluding hydrogens is 387 g/mol. The Hall–Kier alpha value is -3.45. The molecule has 29 heavy (non-hydrogen) atoms. The Morgan fingerprint density at radius 1 is 1.31 bits per heavy atom. The van der Waals surface area contributed by atoms with Crippen LogP contribution in [0.25, 0.3) is 0 Å². The number of benzene rings is 1. The van der Waals surface area contributed by atoms with Gasteiger partial charge in [0.2, 0.25) is 0 Å². The van der Waals surface area contributed by atoms with E-state index in [0.29, 0.717) is 11.3 Å². The van der Waals surface area contributed by atoms with E-state index in [1.165, 1.54) is 42.6 Å². The maximum absolute atomic E-state index is 12.7. The number of pyridine rings is 1. The molecule has 0 aliphatic carbocycles. The SMILES string of the molecule is CC1OCC(C(F)F)N=C1N.N#Cc1ccc(C(=O)Nc2ccc(F)cc2)nc1. The smallest absolute Gasteiger partial charge is 0.274 e. The zero-order valence-electron chi connectivity index (χ0n) is 15.3. The van der Waals surface area contributed by atoms with Gasteiger partial charge in [0.15, 0.2) is 0 Å². The number of hydrogen-bond acceptors (Lipinski definition) is 6. The first-order valence-electron chi connectivity index (χ1n) is 8.46. The molecule has 3 rings (SSSR count). The highest BCUT2D eigenvalue weighted by Gasteiger charge is 2.26. The number of amidine groups is 1. The number of nitrogens with two attached hydrogens (primary N) is 1. The topological polar surface area (TPSA) is 113 Å². The summed E-state index contributed by atoms with van der Waals surface area (Å²) in [6, 6.07) is 9.21. The average Bonchev–Trinajstić information content (AvgIpc) is 2.72. The molecule has 3 N–H and O–H groups in total. The second-order valence-electron chi connectivity index (χ2n) is 5.94. The normalized spacial score (nSPS) is 18.1. The molecule has 2 unspecified atom stereocenters. The van der Waals surface area contributed by atoms with E-state index in [1.54, 1.807) is 6.92 Å². The molecule has 1 aliphatic heterocycles. The lowest BCUT2D eigenvalue weighted by atomic mass is 10.2.